The van der Waals surface area contributed by atoms with Gasteiger partial charge in [0.15, 0.2) is 12.6 Å². The summed E-state index contributed by atoms with van der Waals surface area (Å²) < 4.78 is 7.86. The SMILES string of the molecule is CN=C(NCc1cccc(OCC(=O)NC2CC2)c1)N1CCC(C)C(n2ccnc2)C1. The third-order valence-electron chi connectivity index (χ3n) is 6.00. The van der Waals surface area contributed by atoms with Crippen molar-refractivity contribution in [3.63, 3.8) is 0 Å². The molecule has 1 saturated carbocycles. The van der Waals surface area contributed by atoms with E-state index in [0.29, 0.717) is 30.3 Å². The third kappa shape index (κ3) is 5.77. The molecule has 0 bridgehead atoms. The van der Waals surface area contributed by atoms with Gasteiger partial charge in [0.05, 0.1) is 12.4 Å². The molecule has 1 amide bonds. The highest BCUT2D eigenvalue weighted by molar-refractivity contribution is 5.80. The Bertz CT molecular complexity index is 893. The molecule has 2 N–H and O–H groups in total. The van der Waals surface area contributed by atoms with Crippen LogP contribution >= 0.6 is 0 Å². The van der Waals surface area contributed by atoms with Gasteiger partial charge in [0, 0.05) is 45.1 Å². The fourth-order valence-corrected chi connectivity index (χ4v) is 4.00. The Labute approximate surface area is 183 Å². The summed E-state index contributed by atoms with van der Waals surface area (Å²) in [6.07, 6.45) is 9.04. The summed E-state index contributed by atoms with van der Waals surface area (Å²) in [5, 5.41) is 6.42. The van der Waals surface area contributed by atoms with Crippen molar-refractivity contribution in [3.05, 3.63) is 48.5 Å². The summed E-state index contributed by atoms with van der Waals surface area (Å²) >= 11 is 0. The van der Waals surface area contributed by atoms with Crippen molar-refractivity contribution >= 4 is 11.9 Å². The molecule has 2 heterocycles. The number of carbonyl (C=O) groups is 1. The molecule has 2 fully saturated rings. The van der Waals surface area contributed by atoms with Gasteiger partial charge in [-0.05, 0) is 42.9 Å². The first-order valence-electron chi connectivity index (χ1n) is 11.1. The van der Waals surface area contributed by atoms with Crippen molar-refractivity contribution in [3.8, 4) is 5.75 Å². The molecule has 1 aromatic heterocycles. The van der Waals surface area contributed by atoms with Crippen molar-refractivity contribution in [2.75, 3.05) is 26.7 Å². The highest BCUT2D eigenvalue weighted by atomic mass is 16.5. The van der Waals surface area contributed by atoms with E-state index < -0.39 is 0 Å². The Hall–Kier alpha value is -3.03. The van der Waals surface area contributed by atoms with Crippen LogP contribution in [0, 0.1) is 5.92 Å². The smallest absolute Gasteiger partial charge is 0.258 e. The molecular weight excluding hydrogens is 392 g/mol. The topological polar surface area (TPSA) is 83.8 Å². The van der Waals surface area contributed by atoms with Crippen LogP contribution in [0.3, 0.4) is 0 Å². The molecule has 2 aromatic rings. The summed E-state index contributed by atoms with van der Waals surface area (Å²) in [5.41, 5.74) is 1.08. The van der Waals surface area contributed by atoms with Crippen LogP contribution in [0.2, 0.25) is 0 Å². The second-order valence-corrected chi connectivity index (χ2v) is 8.47. The maximum absolute atomic E-state index is 11.8. The van der Waals surface area contributed by atoms with E-state index in [0.717, 1.165) is 43.9 Å². The van der Waals surface area contributed by atoms with Gasteiger partial charge in [0.1, 0.15) is 5.75 Å². The van der Waals surface area contributed by atoms with Crippen LogP contribution in [0.4, 0.5) is 0 Å². The number of benzene rings is 1. The molecule has 2 atom stereocenters. The minimum absolute atomic E-state index is 0.0522. The molecule has 1 aromatic carbocycles. The second kappa shape index (κ2) is 9.85. The number of guanidine groups is 1. The minimum Gasteiger partial charge on any atom is -0.484 e. The number of aliphatic imine (C=N–C) groups is 1. The van der Waals surface area contributed by atoms with Gasteiger partial charge in [0.2, 0.25) is 0 Å². The van der Waals surface area contributed by atoms with E-state index in [-0.39, 0.29) is 12.5 Å². The molecule has 31 heavy (non-hydrogen) atoms. The number of amides is 1. The first kappa shape index (κ1) is 21.2. The van der Waals surface area contributed by atoms with Crippen molar-refractivity contribution < 1.29 is 9.53 Å². The number of piperidine rings is 1. The number of likely N-dealkylation sites (tertiary alicyclic amines) is 1. The van der Waals surface area contributed by atoms with Gasteiger partial charge in [-0.1, -0.05) is 19.1 Å². The lowest BCUT2D eigenvalue weighted by molar-refractivity contribution is -0.123. The molecule has 166 valence electrons. The Morgan fingerprint density at radius 3 is 2.94 bits per heavy atom. The van der Waals surface area contributed by atoms with Crippen molar-refractivity contribution in [2.45, 2.75) is 44.8 Å². The first-order chi connectivity index (χ1) is 15.1. The maximum atomic E-state index is 11.8. The molecule has 1 aliphatic carbocycles. The molecule has 1 aliphatic heterocycles. The number of aromatic nitrogens is 2. The Morgan fingerprint density at radius 2 is 2.19 bits per heavy atom. The van der Waals surface area contributed by atoms with E-state index in [9.17, 15) is 4.79 Å². The number of ether oxygens (including phenoxy) is 1. The van der Waals surface area contributed by atoms with Crippen LogP contribution < -0.4 is 15.4 Å². The van der Waals surface area contributed by atoms with Crippen LogP contribution in [0.15, 0.2) is 48.0 Å². The number of hydrogen-bond donors (Lipinski definition) is 2. The molecule has 4 rings (SSSR count). The van der Waals surface area contributed by atoms with E-state index in [1.165, 1.54) is 0 Å². The average molecular weight is 425 g/mol. The predicted molar refractivity (Wildman–Crippen MR) is 120 cm³/mol. The zero-order chi connectivity index (χ0) is 21.6. The number of nitrogens with zero attached hydrogens (tertiary/aromatic N) is 4. The van der Waals surface area contributed by atoms with Gasteiger partial charge >= 0.3 is 0 Å². The molecular formula is C23H32N6O2. The average Bonchev–Trinajstić information content (AvgIpc) is 3.42. The van der Waals surface area contributed by atoms with Crippen molar-refractivity contribution in [1.82, 2.24) is 25.1 Å². The monoisotopic (exact) mass is 424 g/mol. The van der Waals surface area contributed by atoms with Crippen LogP contribution in [0.25, 0.3) is 0 Å². The first-order valence-corrected chi connectivity index (χ1v) is 11.1. The predicted octanol–water partition coefficient (Wildman–Crippen LogP) is 2.20. The zero-order valence-electron chi connectivity index (χ0n) is 18.3. The highest BCUT2D eigenvalue weighted by Crippen LogP contribution is 2.27. The Morgan fingerprint density at radius 1 is 1.32 bits per heavy atom. The second-order valence-electron chi connectivity index (χ2n) is 8.47. The van der Waals surface area contributed by atoms with E-state index >= 15 is 0 Å². The van der Waals surface area contributed by atoms with E-state index in [1.54, 1.807) is 0 Å². The van der Waals surface area contributed by atoms with Gasteiger partial charge in [-0.2, -0.15) is 0 Å². The molecule has 0 radical (unpaired) electrons. The van der Waals surface area contributed by atoms with Gasteiger partial charge in [-0.15, -0.1) is 0 Å². The summed E-state index contributed by atoms with van der Waals surface area (Å²) in [6.45, 7) is 4.87. The lowest BCUT2D eigenvalue weighted by atomic mass is 9.93. The third-order valence-corrected chi connectivity index (χ3v) is 6.00. The van der Waals surface area contributed by atoms with Crippen LogP contribution in [0.5, 0.6) is 5.75 Å². The van der Waals surface area contributed by atoms with Gasteiger partial charge in [-0.25, -0.2) is 4.98 Å². The zero-order valence-corrected chi connectivity index (χ0v) is 18.3. The fraction of sp³-hybridized carbons (Fsp3) is 0.522. The number of nitrogens with one attached hydrogen (secondary N) is 2. The van der Waals surface area contributed by atoms with E-state index in [1.807, 2.05) is 50.0 Å². The Balaban J connectivity index is 1.30. The van der Waals surface area contributed by atoms with E-state index in [4.69, 9.17) is 4.74 Å². The number of imidazole rings is 1. The summed E-state index contributed by atoms with van der Waals surface area (Å²) in [4.78, 5) is 22.9. The highest BCUT2D eigenvalue weighted by Gasteiger charge is 2.29. The van der Waals surface area contributed by atoms with Crippen LogP contribution in [0.1, 0.15) is 37.8 Å². The summed E-state index contributed by atoms with van der Waals surface area (Å²) in [7, 11) is 1.82. The maximum Gasteiger partial charge on any atom is 0.258 e. The number of carbonyl (C=O) groups excluding carboxylic acids is 1. The van der Waals surface area contributed by atoms with Crippen LogP contribution in [-0.2, 0) is 11.3 Å². The van der Waals surface area contributed by atoms with Gasteiger partial charge < -0.3 is 24.8 Å². The minimum atomic E-state index is -0.0572. The number of hydrogen-bond acceptors (Lipinski definition) is 4. The quantitative estimate of drug-likeness (QED) is 0.526. The normalized spacial score (nSPS) is 21.6. The molecule has 8 nitrogen and oxygen atoms in total. The molecule has 0 spiro atoms. The number of rotatable bonds is 7. The molecule has 8 heteroatoms. The lowest BCUT2D eigenvalue weighted by Gasteiger charge is -2.39. The van der Waals surface area contributed by atoms with Gasteiger partial charge in [-0.3, -0.25) is 9.79 Å². The molecule has 2 unspecified atom stereocenters. The molecule has 2 aliphatic rings. The fourth-order valence-electron chi connectivity index (χ4n) is 4.00. The van der Waals surface area contributed by atoms with Gasteiger partial charge in [0.25, 0.3) is 5.91 Å². The van der Waals surface area contributed by atoms with Crippen LogP contribution in [-0.4, -0.2) is 59.1 Å². The van der Waals surface area contributed by atoms with Crippen molar-refractivity contribution in [1.29, 1.82) is 0 Å². The summed E-state index contributed by atoms with van der Waals surface area (Å²) in [5.74, 6) is 2.13. The Kier molecular flexibility index (Phi) is 6.74. The largest absolute Gasteiger partial charge is 0.484 e. The molecule has 1 saturated heterocycles. The standard InChI is InChI=1S/C23H32N6O2/c1-17-8-10-28(14-21(17)29-11-9-25-16-29)23(24-2)26-13-18-4-3-5-20(12-18)31-15-22(30)27-19-6-7-19/h3-5,9,11-12,16-17,19,21H,6-8,10,13-15H2,1-2H3,(H,24,26)(H,27,30). The van der Waals surface area contributed by atoms with Crippen molar-refractivity contribution in [2.24, 2.45) is 10.9 Å². The summed E-state index contributed by atoms with van der Waals surface area (Å²) in [6, 6.07) is 8.58. The lowest BCUT2D eigenvalue weighted by Crippen LogP contribution is -2.48. The van der Waals surface area contributed by atoms with E-state index in [2.05, 4.69) is 37.0 Å².